The molecule has 0 bridgehead atoms. The summed E-state index contributed by atoms with van der Waals surface area (Å²) in [6.07, 6.45) is -0.665. The van der Waals surface area contributed by atoms with Gasteiger partial charge in [0, 0.05) is 6.42 Å². The van der Waals surface area contributed by atoms with E-state index in [9.17, 15) is 24.4 Å². The Balaban J connectivity index is 2.49. The first kappa shape index (κ1) is 33.8. The maximum absolute atomic E-state index is 14.1. The van der Waals surface area contributed by atoms with Crippen LogP contribution in [-0.4, -0.2) is 59.1 Å². The number of aryl methyl sites for hydroxylation is 1. The van der Waals surface area contributed by atoms with E-state index in [1.165, 1.54) is 0 Å². The monoisotopic (exact) mass is 578 g/mol. The first-order valence-corrected chi connectivity index (χ1v) is 13.8. The van der Waals surface area contributed by atoms with Gasteiger partial charge in [-0.25, -0.2) is 9.59 Å². The normalized spacial score (nSPS) is 12.7. The topological polar surface area (TPSA) is 138 Å². The minimum absolute atomic E-state index is 0.146. The molecule has 0 fully saturated rings. The van der Waals surface area contributed by atoms with Gasteiger partial charge in [0.05, 0.1) is 6.07 Å². The van der Waals surface area contributed by atoms with Crippen LogP contribution in [0.4, 0.5) is 4.79 Å². The number of carbonyl (C=O) groups is 4. The number of alkyl carbamates (subject to hydrolysis) is 1. The van der Waals surface area contributed by atoms with Crippen molar-refractivity contribution in [1.82, 2.24) is 15.5 Å². The van der Waals surface area contributed by atoms with E-state index in [0.29, 0.717) is 5.56 Å². The lowest BCUT2D eigenvalue weighted by molar-refractivity contribution is -0.159. The van der Waals surface area contributed by atoms with Crippen LogP contribution in [0.5, 0.6) is 0 Å². The summed E-state index contributed by atoms with van der Waals surface area (Å²) >= 11 is 0. The lowest BCUT2D eigenvalue weighted by Gasteiger charge is -2.32. The van der Waals surface area contributed by atoms with E-state index in [1.54, 1.807) is 53.7 Å². The van der Waals surface area contributed by atoms with Crippen LogP contribution in [0.3, 0.4) is 0 Å². The van der Waals surface area contributed by atoms with Crippen LogP contribution < -0.4 is 10.6 Å². The molecule has 2 aromatic carbocycles. The van der Waals surface area contributed by atoms with E-state index in [0.717, 1.165) is 21.6 Å². The first-order chi connectivity index (χ1) is 19.5. The first-order valence-electron chi connectivity index (χ1n) is 13.8. The van der Waals surface area contributed by atoms with E-state index in [1.807, 2.05) is 56.3 Å². The molecule has 2 unspecified atom stereocenters. The Bertz CT molecular complexity index is 1310. The SMILES string of the molecule is Cc1cccc(C(C(=O)NC(Cc2ccccc2)C(=O)OC(C)(C)C)N(CC#N)C(=O)CNC(=O)OC(C)(C)C)c1C. The van der Waals surface area contributed by atoms with Crippen LogP contribution in [0.25, 0.3) is 0 Å². The van der Waals surface area contributed by atoms with Gasteiger partial charge >= 0.3 is 12.1 Å². The summed E-state index contributed by atoms with van der Waals surface area (Å²) in [5.41, 5.74) is 1.30. The number of hydrogen-bond donors (Lipinski definition) is 2. The van der Waals surface area contributed by atoms with Gasteiger partial charge in [-0.05, 0) is 77.6 Å². The van der Waals surface area contributed by atoms with Crippen molar-refractivity contribution in [2.24, 2.45) is 0 Å². The van der Waals surface area contributed by atoms with Crippen LogP contribution in [0.2, 0.25) is 0 Å². The predicted molar refractivity (Wildman–Crippen MR) is 158 cm³/mol. The number of ether oxygens (including phenoxy) is 2. The summed E-state index contributed by atoms with van der Waals surface area (Å²) in [5, 5.41) is 14.8. The van der Waals surface area contributed by atoms with Gasteiger partial charge in [-0.2, -0.15) is 5.26 Å². The van der Waals surface area contributed by atoms with Crippen molar-refractivity contribution in [3.63, 3.8) is 0 Å². The Labute approximate surface area is 248 Å². The number of nitrogens with one attached hydrogen (secondary N) is 2. The summed E-state index contributed by atoms with van der Waals surface area (Å²) in [5.74, 6) is -1.99. The average Bonchev–Trinajstić information content (AvgIpc) is 2.87. The highest BCUT2D eigenvalue weighted by Crippen LogP contribution is 2.27. The van der Waals surface area contributed by atoms with Gasteiger partial charge in [-0.1, -0.05) is 48.5 Å². The molecule has 0 aliphatic rings. The lowest BCUT2D eigenvalue weighted by atomic mass is 9.95. The number of nitriles is 1. The molecule has 0 saturated carbocycles. The van der Waals surface area contributed by atoms with E-state index in [4.69, 9.17) is 9.47 Å². The molecule has 2 aromatic rings. The molecular formula is C32H42N4O6. The molecule has 3 amide bonds. The van der Waals surface area contributed by atoms with Gasteiger partial charge in [0.25, 0.3) is 0 Å². The number of amides is 3. The molecule has 2 N–H and O–H groups in total. The van der Waals surface area contributed by atoms with Gasteiger partial charge < -0.3 is 25.0 Å². The summed E-state index contributed by atoms with van der Waals surface area (Å²) in [6, 6.07) is 14.1. The van der Waals surface area contributed by atoms with Crippen LogP contribution >= 0.6 is 0 Å². The largest absolute Gasteiger partial charge is 0.458 e. The van der Waals surface area contributed by atoms with Gasteiger partial charge in [0.1, 0.15) is 36.4 Å². The molecule has 10 nitrogen and oxygen atoms in total. The van der Waals surface area contributed by atoms with Crippen molar-refractivity contribution in [1.29, 1.82) is 5.26 Å². The Kier molecular flexibility index (Phi) is 11.7. The van der Waals surface area contributed by atoms with Crippen molar-refractivity contribution < 1.29 is 28.7 Å². The quantitative estimate of drug-likeness (QED) is 0.317. The van der Waals surface area contributed by atoms with Crippen molar-refractivity contribution in [3.8, 4) is 6.07 Å². The number of nitrogens with zero attached hydrogens (tertiary/aromatic N) is 2. The smallest absolute Gasteiger partial charge is 0.408 e. The van der Waals surface area contributed by atoms with Crippen LogP contribution in [-0.2, 0) is 30.3 Å². The second kappa shape index (κ2) is 14.5. The predicted octanol–water partition coefficient (Wildman–Crippen LogP) is 4.29. The molecule has 2 rings (SSSR count). The summed E-state index contributed by atoms with van der Waals surface area (Å²) in [6.45, 7) is 13.0. The Hall–Kier alpha value is -4.39. The number of esters is 1. The zero-order valence-corrected chi connectivity index (χ0v) is 25.7. The molecule has 0 spiro atoms. The second-order valence-electron chi connectivity index (χ2n) is 12.0. The molecule has 0 aliphatic heterocycles. The van der Waals surface area contributed by atoms with E-state index in [-0.39, 0.29) is 6.42 Å². The Morgan fingerprint density at radius 2 is 1.52 bits per heavy atom. The maximum Gasteiger partial charge on any atom is 0.408 e. The molecule has 42 heavy (non-hydrogen) atoms. The fourth-order valence-corrected chi connectivity index (χ4v) is 4.15. The van der Waals surface area contributed by atoms with Gasteiger partial charge in [0.2, 0.25) is 11.8 Å². The third-order valence-electron chi connectivity index (χ3n) is 6.14. The number of carbonyl (C=O) groups excluding carboxylic acids is 4. The molecule has 0 radical (unpaired) electrons. The molecule has 226 valence electrons. The molecule has 0 heterocycles. The standard InChI is InChI=1S/C32H42N4O6/c1-21-13-12-16-24(22(21)2)27(36(18-17-33)26(37)20-34-30(40)42-32(6,7)8)28(38)35-25(29(39)41-31(3,4)5)19-23-14-10-9-11-15-23/h9-16,25,27H,18-20H2,1-8H3,(H,34,40)(H,35,38). The molecule has 0 aliphatic carbocycles. The van der Waals surface area contributed by atoms with E-state index in [2.05, 4.69) is 10.6 Å². The van der Waals surface area contributed by atoms with Gasteiger partial charge in [-0.15, -0.1) is 0 Å². The van der Waals surface area contributed by atoms with Crippen molar-refractivity contribution in [2.75, 3.05) is 13.1 Å². The third kappa shape index (κ3) is 10.5. The highest BCUT2D eigenvalue weighted by molar-refractivity contribution is 5.93. The van der Waals surface area contributed by atoms with Crippen molar-refractivity contribution in [2.45, 2.75) is 85.1 Å². The lowest BCUT2D eigenvalue weighted by Crippen LogP contribution is -2.52. The third-order valence-corrected chi connectivity index (χ3v) is 6.14. The Morgan fingerprint density at radius 3 is 2.10 bits per heavy atom. The average molecular weight is 579 g/mol. The number of benzene rings is 2. The van der Waals surface area contributed by atoms with E-state index < -0.39 is 60.3 Å². The van der Waals surface area contributed by atoms with Crippen LogP contribution in [0.1, 0.15) is 69.8 Å². The fraction of sp³-hybridized carbons (Fsp3) is 0.469. The summed E-state index contributed by atoms with van der Waals surface area (Å²) in [7, 11) is 0. The van der Waals surface area contributed by atoms with Gasteiger partial charge in [0.15, 0.2) is 0 Å². The maximum atomic E-state index is 14.1. The number of hydrogen-bond acceptors (Lipinski definition) is 7. The zero-order valence-electron chi connectivity index (χ0n) is 25.7. The van der Waals surface area contributed by atoms with Crippen LogP contribution in [0, 0.1) is 25.2 Å². The molecule has 2 atom stereocenters. The molecule has 0 saturated heterocycles. The van der Waals surface area contributed by atoms with E-state index >= 15 is 0 Å². The summed E-state index contributed by atoms with van der Waals surface area (Å²) in [4.78, 5) is 54.1. The number of rotatable bonds is 10. The second-order valence-corrected chi connectivity index (χ2v) is 12.0. The van der Waals surface area contributed by atoms with Crippen molar-refractivity contribution >= 4 is 23.9 Å². The highest BCUT2D eigenvalue weighted by Gasteiger charge is 2.36. The van der Waals surface area contributed by atoms with Gasteiger partial charge in [-0.3, -0.25) is 9.59 Å². The Morgan fingerprint density at radius 1 is 0.905 bits per heavy atom. The fourth-order valence-electron chi connectivity index (χ4n) is 4.15. The molecular weight excluding hydrogens is 536 g/mol. The zero-order chi connectivity index (χ0) is 31.7. The molecule has 10 heteroatoms. The minimum Gasteiger partial charge on any atom is -0.458 e. The summed E-state index contributed by atoms with van der Waals surface area (Å²) < 4.78 is 10.8. The van der Waals surface area contributed by atoms with Crippen molar-refractivity contribution in [3.05, 3.63) is 70.8 Å². The molecule has 0 aromatic heterocycles. The minimum atomic E-state index is -1.28. The highest BCUT2D eigenvalue weighted by atomic mass is 16.6. The van der Waals surface area contributed by atoms with Crippen LogP contribution in [0.15, 0.2) is 48.5 Å².